The normalized spacial score (nSPS) is 28.2. The van der Waals surface area contributed by atoms with Crippen molar-refractivity contribution in [1.29, 1.82) is 0 Å². The van der Waals surface area contributed by atoms with Crippen LogP contribution in [0.15, 0.2) is 0 Å². The van der Waals surface area contributed by atoms with Gasteiger partial charge in [-0.1, -0.05) is 26.2 Å². The van der Waals surface area contributed by atoms with Crippen molar-refractivity contribution in [2.45, 2.75) is 63.9 Å². The van der Waals surface area contributed by atoms with Gasteiger partial charge >= 0.3 is 7.12 Å². The molecule has 1 saturated heterocycles. The van der Waals surface area contributed by atoms with E-state index in [4.69, 9.17) is 5.73 Å². The maximum Gasteiger partial charge on any atom is 0.475 e. The van der Waals surface area contributed by atoms with E-state index in [1.807, 2.05) is 0 Å². The topological polar surface area (TPSA) is 86.8 Å². The molecule has 2 atom stereocenters. The zero-order chi connectivity index (χ0) is 14.0. The Morgan fingerprint density at radius 2 is 1.95 bits per heavy atom. The van der Waals surface area contributed by atoms with E-state index in [0.717, 1.165) is 32.1 Å². The molecule has 1 aliphatic carbocycles. The first kappa shape index (κ1) is 14.8. The van der Waals surface area contributed by atoms with E-state index in [2.05, 4.69) is 6.92 Å². The average molecular weight is 268 g/mol. The molecule has 108 valence electrons. The molecule has 1 saturated carbocycles. The van der Waals surface area contributed by atoms with Crippen LogP contribution in [0.25, 0.3) is 0 Å². The molecule has 2 rings (SSSR count). The van der Waals surface area contributed by atoms with Crippen LogP contribution in [-0.2, 0) is 4.79 Å². The molecule has 4 N–H and O–H groups in total. The van der Waals surface area contributed by atoms with Crippen molar-refractivity contribution in [2.75, 3.05) is 6.54 Å². The van der Waals surface area contributed by atoms with Crippen LogP contribution >= 0.6 is 0 Å². The third kappa shape index (κ3) is 2.96. The Bertz CT molecular complexity index is 332. The molecule has 0 aromatic heterocycles. The molecule has 2 fully saturated rings. The largest absolute Gasteiger partial charge is 0.475 e. The summed E-state index contributed by atoms with van der Waals surface area (Å²) < 4.78 is 0. The Balaban J connectivity index is 2.05. The number of rotatable bonds is 3. The monoisotopic (exact) mass is 268 g/mol. The minimum atomic E-state index is -1.46. The summed E-state index contributed by atoms with van der Waals surface area (Å²) in [4.78, 5) is 14.1. The van der Waals surface area contributed by atoms with E-state index in [1.165, 1.54) is 6.42 Å². The number of hydrogen-bond acceptors (Lipinski definition) is 4. The fourth-order valence-electron chi connectivity index (χ4n) is 3.52. The van der Waals surface area contributed by atoms with Crippen molar-refractivity contribution in [3.63, 3.8) is 0 Å². The smallest absolute Gasteiger partial charge is 0.426 e. The second-order valence-corrected chi connectivity index (χ2v) is 6.35. The molecule has 0 spiro atoms. The van der Waals surface area contributed by atoms with Gasteiger partial charge in [-0.2, -0.15) is 0 Å². The zero-order valence-corrected chi connectivity index (χ0v) is 11.7. The van der Waals surface area contributed by atoms with Gasteiger partial charge in [-0.3, -0.25) is 4.79 Å². The third-order valence-electron chi connectivity index (χ3n) is 4.94. The number of nitrogens with zero attached hydrogens (tertiary/aromatic N) is 1. The van der Waals surface area contributed by atoms with Crippen LogP contribution < -0.4 is 5.73 Å². The highest BCUT2D eigenvalue weighted by Gasteiger charge is 2.44. The second kappa shape index (κ2) is 5.81. The van der Waals surface area contributed by atoms with Gasteiger partial charge < -0.3 is 20.7 Å². The molecule has 6 heteroatoms. The highest BCUT2D eigenvalue weighted by molar-refractivity contribution is 6.43. The Morgan fingerprint density at radius 3 is 2.53 bits per heavy atom. The predicted molar refractivity (Wildman–Crippen MR) is 74.1 cm³/mol. The van der Waals surface area contributed by atoms with Gasteiger partial charge in [0.1, 0.15) is 0 Å². The van der Waals surface area contributed by atoms with Crippen LogP contribution in [0, 0.1) is 5.41 Å². The number of carbonyl (C=O) groups is 1. The van der Waals surface area contributed by atoms with Gasteiger partial charge in [-0.05, 0) is 31.1 Å². The lowest BCUT2D eigenvalue weighted by Crippen LogP contribution is -2.56. The van der Waals surface area contributed by atoms with Crippen LogP contribution in [0.2, 0.25) is 0 Å². The molecular formula is C13H25BN2O3. The third-order valence-corrected chi connectivity index (χ3v) is 4.94. The molecule has 5 nitrogen and oxygen atoms in total. The molecule has 2 unspecified atom stereocenters. The van der Waals surface area contributed by atoms with E-state index in [9.17, 15) is 14.8 Å². The van der Waals surface area contributed by atoms with E-state index in [-0.39, 0.29) is 11.3 Å². The number of likely N-dealkylation sites (tertiary alicyclic amines) is 1. The molecule has 1 aliphatic heterocycles. The highest BCUT2D eigenvalue weighted by Crippen LogP contribution is 2.39. The predicted octanol–water partition coefficient (Wildman–Crippen LogP) is 0.287. The van der Waals surface area contributed by atoms with E-state index in [0.29, 0.717) is 13.0 Å². The summed E-state index contributed by atoms with van der Waals surface area (Å²) >= 11 is 0. The summed E-state index contributed by atoms with van der Waals surface area (Å²) in [5, 5.41) is 18.7. The lowest BCUT2D eigenvalue weighted by Gasteiger charge is -2.40. The van der Waals surface area contributed by atoms with Gasteiger partial charge in [0, 0.05) is 6.54 Å². The standard InChI is InChI=1S/C13H25BN2O3/c1-13(7-3-2-4-8-13)11(15)12(17)16-9-5-6-10(16)14(18)19/h10-11,18-19H,2-9,15H2,1H3. The van der Waals surface area contributed by atoms with Crippen molar-refractivity contribution < 1.29 is 14.8 Å². The van der Waals surface area contributed by atoms with Crippen molar-refractivity contribution in [3.05, 3.63) is 0 Å². The Hall–Kier alpha value is -0.585. The van der Waals surface area contributed by atoms with Crippen molar-refractivity contribution >= 4 is 13.0 Å². The first-order valence-electron chi connectivity index (χ1n) is 7.38. The minimum Gasteiger partial charge on any atom is -0.426 e. The fourth-order valence-corrected chi connectivity index (χ4v) is 3.52. The SMILES string of the molecule is CC1(C(N)C(=O)N2CCCC2B(O)O)CCCCC1. The lowest BCUT2D eigenvalue weighted by molar-refractivity contribution is -0.136. The Morgan fingerprint density at radius 1 is 1.32 bits per heavy atom. The van der Waals surface area contributed by atoms with Crippen LogP contribution in [-0.4, -0.2) is 46.5 Å². The van der Waals surface area contributed by atoms with Crippen LogP contribution in [0.4, 0.5) is 0 Å². The molecule has 0 aromatic rings. The summed E-state index contributed by atoms with van der Waals surface area (Å²) in [6.07, 6.45) is 6.91. The highest BCUT2D eigenvalue weighted by atomic mass is 16.4. The number of amides is 1. The summed E-state index contributed by atoms with van der Waals surface area (Å²) in [5.74, 6) is -0.592. The fraction of sp³-hybridized carbons (Fsp3) is 0.923. The van der Waals surface area contributed by atoms with Gasteiger partial charge in [-0.15, -0.1) is 0 Å². The number of carbonyl (C=O) groups excluding carboxylic acids is 1. The molecule has 1 amide bonds. The van der Waals surface area contributed by atoms with E-state index >= 15 is 0 Å². The van der Waals surface area contributed by atoms with Crippen LogP contribution in [0.1, 0.15) is 51.9 Å². The Kier molecular flexibility index (Phi) is 4.53. The van der Waals surface area contributed by atoms with Crippen molar-refractivity contribution in [3.8, 4) is 0 Å². The first-order valence-corrected chi connectivity index (χ1v) is 7.38. The summed E-state index contributed by atoms with van der Waals surface area (Å²) in [6, 6.07) is -0.521. The molecular weight excluding hydrogens is 243 g/mol. The molecule has 0 aromatic carbocycles. The quantitative estimate of drug-likeness (QED) is 0.642. The molecule has 2 aliphatic rings. The molecule has 0 bridgehead atoms. The summed E-state index contributed by atoms with van der Waals surface area (Å²) in [5.41, 5.74) is 6.08. The maximum atomic E-state index is 12.5. The summed E-state index contributed by atoms with van der Waals surface area (Å²) in [6.45, 7) is 2.68. The maximum absolute atomic E-state index is 12.5. The van der Waals surface area contributed by atoms with Crippen LogP contribution in [0.3, 0.4) is 0 Å². The summed E-state index contributed by atoms with van der Waals surface area (Å²) in [7, 11) is -1.46. The van der Waals surface area contributed by atoms with Gasteiger partial charge in [0.2, 0.25) is 5.91 Å². The molecule has 19 heavy (non-hydrogen) atoms. The average Bonchev–Trinajstić information content (AvgIpc) is 2.87. The second-order valence-electron chi connectivity index (χ2n) is 6.35. The van der Waals surface area contributed by atoms with Crippen molar-refractivity contribution in [1.82, 2.24) is 4.90 Å². The van der Waals surface area contributed by atoms with Crippen LogP contribution in [0.5, 0.6) is 0 Å². The molecule has 1 heterocycles. The van der Waals surface area contributed by atoms with Crippen molar-refractivity contribution in [2.24, 2.45) is 11.1 Å². The van der Waals surface area contributed by atoms with Gasteiger partial charge in [-0.25, -0.2) is 0 Å². The van der Waals surface area contributed by atoms with E-state index < -0.39 is 19.1 Å². The first-order chi connectivity index (χ1) is 8.96. The lowest BCUT2D eigenvalue weighted by atomic mass is 9.70. The number of hydrogen-bond donors (Lipinski definition) is 3. The zero-order valence-electron chi connectivity index (χ0n) is 11.7. The van der Waals surface area contributed by atoms with Gasteiger partial charge in [0.25, 0.3) is 0 Å². The minimum absolute atomic E-state index is 0.111. The van der Waals surface area contributed by atoms with E-state index in [1.54, 1.807) is 4.90 Å². The van der Waals surface area contributed by atoms with Gasteiger partial charge in [0.15, 0.2) is 0 Å². The van der Waals surface area contributed by atoms with Gasteiger partial charge in [0.05, 0.1) is 12.0 Å². The number of nitrogens with two attached hydrogens (primary N) is 1. The Labute approximate surface area is 115 Å². The molecule has 0 radical (unpaired) electrons.